The maximum absolute atomic E-state index is 4.69. The lowest BCUT2D eigenvalue weighted by Crippen LogP contribution is -2.56. The van der Waals surface area contributed by atoms with Gasteiger partial charge in [-0.15, -0.1) is 11.3 Å². The highest BCUT2D eigenvalue weighted by Gasteiger charge is 2.38. The van der Waals surface area contributed by atoms with Crippen LogP contribution in [0.5, 0.6) is 0 Å². The first kappa shape index (κ1) is 10.7. The van der Waals surface area contributed by atoms with E-state index in [0.29, 0.717) is 0 Å². The minimum atomic E-state index is 0.954. The molecule has 0 saturated heterocycles. The van der Waals surface area contributed by atoms with Gasteiger partial charge in [0.2, 0.25) is 0 Å². The Kier molecular flexibility index (Phi) is 2.55. The molecular formula is C13H21N2S+. The van der Waals surface area contributed by atoms with Crippen molar-refractivity contribution in [2.75, 3.05) is 20.1 Å². The molecule has 88 valence electrons. The van der Waals surface area contributed by atoms with Crippen molar-refractivity contribution >= 4 is 11.3 Å². The number of aromatic nitrogens is 1. The van der Waals surface area contributed by atoms with Crippen molar-refractivity contribution in [3.05, 3.63) is 15.6 Å². The zero-order chi connectivity index (χ0) is 11.2. The zero-order valence-corrected chi connectivity index (χ0v) is 11.1. The summed E-state index contributed by atoms with van der Waals surface area (Å²) in [7, 11) is 2.47. The summed E-state index contributed by atoms with van der Waals surface area (Å²) in [6.45, 7) is 4.78. The Morgan fingerprint density at radius 3 is 2.69 bits per heavy atom. The highest BCUT2D eigenvalue weighted by molar-refractivity contribution is 7.11. The summed E-state index contributed by atoms with van der Waals surface area (Å²) in [5.74, 6) is 0. The maximum atomic E-state index is 4.69. The second kappa shape index (κ2) is 3.81. The zero-order valence-electron chi connectivity index (χ0n) is 10.3. The smallest absolute Gasteiger partial charge is 0.0900 e. The van der Waals surface area contributed by atoms with Gasteiger partial charge in [-0.3, -0.25) is 0 Å². The van der Waals surface area contributed by atoms with Gasteiger partial charge in [0.25, 0.3) is 0 Å². The van der Waals surface area contributed by atoms with Crippen molar-refractivity contribution in [3.63, 3.8) is 0 Å². The van der Waals surface area contributed by atoms with E-state index >= 15 is 0 Å². The number of fused-ring (bicyclic) bond motifs is 1. The molecule has 0 N–H and O–H groups in total. The average molecular weight is 237 g/mol. The van der Waals surface area contributed by atoms with Crippen molar-refractivity contribution in [3.8, 4) is 0 Å². The fourth-order valence-corrected chi connectivity index (χ4v) is 4.08. The lowest BCUT2D eigenvalue weighted by Gasteiger charge is -2.45. The van der Waals surface area contributed by atoms with Crippen LogP contribution in [0.1, 0.15) is 34.8 Å². The molecule has 1 saturated carbocycles. The summed E-state index contributed by atoms with van der Waals surface area (Å²) in [5.41, 5.74) is 1.41. The van der Waals surface area contributed by atoms with Gasteiger partial charge in [0.1, 0.15) is 0 Å². The van der Waals surface area contributed by atoms with E-state index in [0.717, 1.165) is 6.04 Å². The SMILES string of the molecule is Cc1nc2c(s1)CC[N+](C)(C1CCC1)CC2. The number of likely N-dealkylation sites (N-methyl/N-ethyl adjacent to an activating group) is 1. The summed E-state index contributed by atoms with van der Waals surface area (Å²) >= 11 is 1.92. The molecule has 0 aromatic carbocycles. The van der Waals surface area contributed by atoms with Gasteiger partial charge in [-0.05, 0) is 26.2 Å². The van der Waals surface area contributed by atoms with Gasteiger partial charge in [-0.2, -0.15) is 0 Å². The molecule has 0 radical (unpaired) electrons. The molecule has 1 fully saturated rings. The number of quaternary nitrogens is 1. The maximum Gasteiger partial charge on any atom is 0.0900 e. The molecule has 1 aromatic rings. The molecule has 2 heterocycles. The Morgan fingerprint density at radius 1 is 1.25 bits per heavy atom. The standard InChI is InChI=1S/C13H21N2S/c1-10-14-12-6-8-15(2,11-4-3-5-11)9-7-13(12)16-10/h11H,3-9H2,1-2H3/q+1. The number of aryl methyl sites for hydroxylation is 1. The van der Waals surface area contributed by atoms with Crippen LogP contribution in [-0.4, -0.2) is 35.6 Å². The molecule has 3 rings (SSSR count). The highest BCUT2D eigenvalue weighted by atomic mass is 32.1. The van der Waals surface area contributed by atoms with Crippen molar-refractivity contribution < 1.29 is 4.48 Å². The van der Waals surface area contributed by atoms with Crippen LogP contribution in [0.15, 0.2) is 0 Å². The fraction of sp³-hybridized carbons (Fsp3) is 0.769. The van der Waals surface area contributed by atoms with E-state index in [2.05, 4.69) is 19.0 Å². The predicted octanol–water partition coefficient (Wildman–Crippen LogP) is 2.55. The lowest BCUT2D eigenvalue weighted by atomic mass is 9.89. The third kappa shape index (κ3) is 1.70. The quantitative estimate of drug-likeness (QED) is 0.684. The molecule has 0 bridgehead atoms. The van der Waals surface area contributed by atoms with Gasteiger partial charge in [0.15, 0.2) is 0 Å². The van der Waals surface area contributed by atoms with Crippen molar-refractivity contribution in [2.45, 2.75) is 45.1 Å². The Morgan fingerprint density at radius 2 is 2.00 bits per heavy atom. The fourth-order valence-electron chi connectivity index (χ4n) is 3.11. The molecule has 1 aliphatic heterocycles. The normalized spacial score (nSPS) is 30.6. The van der Waals surface area contributed by atoms with E-state index in [-0.39, 0.29) is 0 Å². The number of nitrogens with zero attached hydrogens (tertiary/aromatic N) is 2. The van der Waals surface area contributed by atoms with Gasteiger partial charge in [0.05, 0.1) is 36.9 Å². The molecule has 3 heteroatoms. The summed E-state index contributed by atoms with van der Waals surface area (Å²) in [5, 5.41) is 1.25. The van der Waals surface area contributed by atoms with E-state index in [9.17, 15) is 0 Å². The van der Waals surface area contributed by atoms with Gasteiger partial charge in [-0.1, -0.05) is 0 Å². The van der Waals surface area contributed by atoms with Gasteiger partial charge in [-0.25, -0.2) is 4.98 Å². The number of rotatable bonds is 1. The minimum Gasteiger partial charge on any atom is -0.323 e. The lowest BCUT2D eigenvalue weighted by molar-refractivity contribution is -0.938. The second-order valence-electron chi connectivity index (χ2n) is 5.61. The van der Waals surface area contributed by atoms with Crippen molar-refractivity contribution in [2.24, 2.45) is 0 Å². The molecule has 16 heavy (non-hydrogen) atoms. The van der Waals surface area contributed by atoms with Crippen LogP contribution in [0.3, 0.4) is 0 Å². The van der Waals surface area contributed by atoms with Crippen molar-refractivity contribution in [1.82, 2.24) is 4.98 Å². The van der Waals surface area contributed by atoms with Crippen LogP contribution in [0, 0.1) is 6.92 Å². The molecule has 1 unspecified atom stereocenters. The summed E-state index contributed by atoms with van der Waals surface area (Å²) in [6.07, 6.45) is 6.82. The Bertz CT molecular complexity index is 367. The molecule has 1 aromatic heterocycles. The summed E-state index contributed by atoms with van der Waals surface area (Å²) in [6, 6.07) is 0.954. The largest absolute Gasteiger partial charge is 0.323 e. The molecule has 1 aliphatic carbocycles. The Hall–Kier alpha value is -0.410. The third-order valence-corrected chi connectivity index (χ3v) is 5.62. The van der Waals surface area contributed by atoms with Crippen LogP contribution in [0.25, 0.3) is 0 Å². The molecule has 0 amide bonds. The Balaban J connectivity index is 1.79. The van der Waals surface area contributed by atoms with Crippen LogP contribution in [0.4, 0.5) is 0 Å². The molecule has 1 atom stereocenters. The van der Waals surface area contributed by atoms with E-state index in [1.165, 1.54) is 60.4 Å². The van der Waals surface area contributed by atoms with E-state index < -0.39 is 0 Å². The second-order valence-corrected chi connectivity index (χ2v) is 6.90. The monoisotopic (exact) mass is 237 g/mol. The molecule has 2 aliphatic rings. The average Bonchev–Trinajstić information content (AvgIpc) is 2.44. The van der Waals surface area contributed by atoms with E-state index in [1.807, 2.05) is 11.3 Å². The summed E-state index contributed by atoms with van der Waals surface area (Å²) in [4.78, 5) is 6.26. The van der Waals surface area contributed by atoms with Crippen LogP contribution in [-0.2, 0) is 12.8 Å². The number of hydrogen-bond donors (Lipinski definition) is 0. The molecular weight excluding hydrogens is 216 g/mol. The minimum absolute atomic E-state index is 0.954. The highest BCUT2D eigenvalue weighted by Crippen LogP contribution is 2.33. The topological polar surface area (TPSA) is 12.9 Å². The van der Waals surface area contributed by atoms with E-state index in [4.69, 9.17) is 0 Å². The summed E-state index contributed by atoms with van der Waals surface area (Å²) < 4.78 is 1.31. The van der Waals surface area contributed by atoms with Gasteiger partial charge in [0, 0.05) is 17.7 Å². The predicted molar refractivity (Wildman–Crippen MR) is 67.8 cm³/mol. The first-order valence-electron chi connectivity index (χ1n) is 6.47. The van der Waals surface area contributed by atoms with E-state index in [1.54, 1.807) is 4.88 Å². The van der Waals surface area contributed by atoms with Gasteiger partial charge >= 0.3 is 0 Å². The number of thiazole rings is 1. The molecule has 2 nitrogen and oxygen atoms in total. The Labute approximate surface area is 102 Å². The van der Waals surface area contributed by atoms with Gasteiger partial charge < -0.3 is 4.48 Å². The first-order valence-corrected chi connectivity index (χ1v) is 7.28. The number of hydrogen-bond acceptors (Lipinski definition) is 2. The third-order valence-electron chi connectivity index (χ3n) is 4.55. The van der Waals surface area contributed by atoms with Crippen LogP contribution in [0.2, 0.25) is 0 Å². The van der Waals surface area contributed by atoms with Crippen LogP contribution >= 0.6 is 11.3 Å². The molecule has 0 spiro atoms. The van der Waals surface area contributed by atoms with Crippen molar-refractivity contribution in [1.29, 1.82) is 0 Å². The first-order chi connectivity index (χ1) is 7.67. The van der Waals surface area contributed by atoms with Crippen LogP contribution < -0.4 is 0 Å².